The van der Waals surface area contributed by atoms with Gasteiger partial charge in [0.15, 0.2) is 0 Å². The number of hydrogen-bond acceptors (Lipinski definition) is 1. The summed E-state index contributed by atoms with van der Waals surface area (Å²) in [5.41, 5.74) is 3.11. The molecule has 0 atom stereocenters. The van der Waals surface area contributed by atoms with E-state index in [1.54, 1.807) is 12.3 Å². The van der Waals surface area contributed by atoms with Gasteiger partial charge in [0.1, 0.15) is 5.69 Å². The fourth-order valence-electron chi connectivity index (χ4n) is 2.97. The molecule has 27 heavy (non-hydrogen) atoms. The molecule has 0 amide bonds. The summed E-state index contributed by atoms with van der Waals surface area (Å²) in [4.78, 5) is 0. The van der Waals surface area contributed by atoms with E-state index in [1.807, 2.05) is 60.7 Å². The highest BCUT2D eigenvalue weighted by molar-refractivity contribution is 5.80. The second-order valence-electron chi connectivity index (χ2n) is 6.12. The Morgan fingerprint density at radius 2 is 1.33 bits per heavy atom. The molecule has 134 valence electrons. The van der Waals surface area contributed by atoms with E-state index in [1.165, 1.54) is 10.7 Å². The minimum absolute atomic E-state index is 0.365. The average molecular weight is 364 g/mol. The second kappa shape index (κ2) is 6.76. The number of benzene rings is 3. The van der Waals surface area contributed by atoms with Crippen molar-refractivity contribution in [2.75, 3.05) is 0 Å². The van der Waals surface area contributed by atoms with Crippen molar-refractivity contribution in [2.24, 2.45) is 0 Å². The number of nitrogens with zero attached hydrogens (tertiary/aromatic N) is 2. The molecular formula is C22H15F3N2. The van der Waals surface area contributed by atoms with E-state index < -0.39 is 11.7 Å². The summed E-state index contributed by atoms with van der Waals surface area (Å²) in [6.07, 6.45) is -2.62. The molecule has 0 unspecified atom stereocenters. The summed E-state index contributed by atoms with van der Waals surface area (Å²) in [5, 5.41) is 4.60. The van der Waals surface area contributed by atoms with Crippen molar-refractivity contribution in [1.82, 2.24) is 9.78 Å². The lowest BCUT2D eigenvalue weighted by Gasteiger charge is -2.08. The minimum Gasteiger partial charge on any atom is -0.240 e. The SMILES string of the molecule is FC(F)(F)c1cccc(-n2cc(-c3ccccc3)c(-c3ccccc3)n2)c1. The largest absolute Gasteiger partial charge is 0.416 e. The number of alkyl halides is 3. The van der Waals surface area contributed by atoms with E-state index >= 15 is 0 Å². The van der Waals surface area contributed by atoms with Crippen LogP contribution in [0.5, 0.6) is 0 Å². The van der Waals surface area contributed by atoms with Gasteiger partial charge in [0, 0.05) is 17.3 Å². The van der Waals surface area contributed by atoms with Crippen molar-refractivity contribution in [1.29, 1.82) is 0 Å². The quantitative estimate of drug-likeness (QED) is 0.422. The van der Waals surface area contributed by atoms with Crippen LogP contribution in [-0.2, 0) is 6.18 Å². The van der Waals surface area contributed by atoms with Crippen molar-refractivity contribution >= 4 is 0 Å². The smallest absolute Gasteiger partial charge is 0.240 e. The topological polar surface area (TPSA) is 17.8 Å². The summed E-state index contributed by atoms with van der Waals surface area (Å²) in [6, 6.07) is 24.5. The number of rotatable bonds is 3. The molecule has 0 N–H and O–H groups in total. The molecule has 3 aromatic carbocycles. The molecule has 5 heteroatoms. The van der Waals surface area contributed by atoms with Crippen molar-refractivity contribution in [3.63, 3.8) is 0 Å². The zero-order valence-corrected chi connectivity index (χ0v) is 14.2. The summed E-state index contributed by atoms with van der Waals surface area (Å²) in [5.74, 6) is 0. The molecule has 0 fully saturated rings. The van der Waals surface area contributed by atoms with Crippen LogP contribution in [0.25, 0.3) is 28.1 Å². The van der Waals surface area contributed by atoms with Crippen molar-refractivity contribution in [3.8, 4) is 28.1 Å². The van der Waals surface area contributed by atoms with Gasteiger partial charge >= 0.3 is 6.18 Å². The van der Waals surface area contributed by atoms with Crippen molar-refractivity contribution in [2.45, 2.75) is 6.18 Å². The van der Waals surface area contributed by atoms with Crippen LogP contribution in [0.2, 0.25) is 0 Å². The fourth-order valence-corrected chi connectivity index (χ4v) is 2.97. The third kappa shape index (κ3) is 3.49. The Kier molecular flexibility index (Phi) is 4.28. The third-order valence-electron chi connectivity index (χ3n) is 4.28. The molecule has 0 aliphatic heterocycles. The molecule has 0 bridgehead atoms. The summed E-state index contributed by atoms with van der Waals surface area (Å²) < 4.78 is 40.7. The van der Waals surface area contributed by atoms with Gasteiger partial charge < -0.3 is 0 Å². The van der Waals surface area contributed by atoms with E-state index in [0.29, 0.717) is 5.69 Å². The molecule has 4 aromatic rings. The van der Waals surface area contributed by atoms with E-state index in [-0.39, 0.29) is 0 Å². The maximum absolute atomic E-state index is 13.1. The predicted molar refractivity (Wildman–Crippen MR) is 99.4 cm³/mol. The first-order valence-electron chi connectivity index (χ1n) is 8.40. The van der Waals surface area contributed by atoms with Crippen LogP contribution >= 0.6 is 0 Å². The zero-order valence-electron chi connectivity index (χ0n) is 14.2. The molecule has 0 saturated carbocycles. The third-order valence-corrected chi connectivity index (χ3v) is 4.28. The maximum Gasteiger partial charge on any atom is 0.416 e. The Labute approximate surface area is 154 Å². The Balaban J connectivity index is 1.88. The molecule has 0 radical (unpaired) electrons. The maximum atomic E-state index is 13.1. The lowest BCUT2D eigenvalue weighted by molar-refractivity contribution is -0.137. The molecule has 0 saturated heterocycles. The molecule has 4 rings (SSSR count). The van der Waals surface area contributed by atoms with Gasteiger partial charge in [-0.3, -0.25) is 0 Å². The Bertz CT molecular complexity index is 995. The molecule has 1 heterocycles. The highest BCUT2D eigenvalue weighted by atomic mass is 19.4. The Hall–Kier alpha value is -3.34. The van der Waals surface area contributed by atoms with Crippen molar-refractivity contribution < 1.29 is 13.2 Å². The van der Waals surface area contributed by atoms with Gasteiger partial charge in [0.25, 0.3) is 0 Å². The zero-order chi connectivity index (χ0) is 18.9. The summed E-state index contributed by atoms with van der Waals surface area (Å²) in [7, 11) is 0. The summed E-state index contributed by atoms with van der Waals surface area (Å²) >= 11 is 0. The first-order chi connectivity index (χ1) is 13.0. The van der Waals surface area contributed by atoms with Crippen molar-refractivity contribution in [3.05, 3.63) is 96.7 Å². The lowest BCUT2D eigenvalue weighted by Crippen LogP contribution is -2.06. The van der Waals surface area contributed by atoms with Gasteiger partial charge in [0.2, 0.25) is 0 Å². The Morgan fingerprint density at radius 3 is 1.96 bits per heavy atom. The number of halogens is 3. The van der Waals surface area contributed by atoms with E-state index in [2.05, 4.69) is 5.10 Å². The molecular weight excluding hydrogens is 349 g/mol. The first-order valence-corrected chi connectivity index (χ1v) is 8.40. The second-order valence-corrected chi connectivity index (χ2v) is 6.12. The van der Waals surface area contributed by atoms with Gasteiger partial charge in [-0.15, -0.1) is 0 Å². The predicted octanol–water partition coefficient (Wildman–Crippen LogP) is 6.23. The van der Waals surface area contributed by atoms with Gasteiger partial charge in [-0.25, -0.2) is 4.68 Å². The molecule has 2 nitrogen and oxygen atoms in total. The van der Waals surface area contributed by atoms with Gasteiger partial charge in [-0.2, -0.15) is 18.3 Å². The molecule has 0 aliphatic carbocycles. The van der Waals surface area contributed by atoms with Crippen LogP contribution in [0.15, 0.2) is 91.1 Å². The first kappa shape index (κ1) is 17.1. The van der Waals surface area contributed by atoms with Crippen LogP contribution in [0.1, 0.15) is 5.56 Å². The van der Waals surface area contributed by atoms with Gasteiger partial charge in [0.05, 0.1) is 11.3 Å². The van der Waals surface area contributed by atoms with Crippen LogP contribution in [0.4, 0.5) is 13.2 Å². The molecule has 0 spiro atoms. The lowest BCUT2D eigenvalue weighted by atomic mass is 10.0. The molecule has 0 aliphatic rings. The average Bonchev–Trinajstić information content (AvgIpc) is 3.14. The highest BCUT2D eigenvalue weighted by Gasteiger charge is 2.30. The van der Waals surface area contributed by atoms with Gasteiger partial charge in [-0.1, -0.05) is 66.7 Å². The fraction of sp³-hybridized carbons (Fsp3) is 0.0455. The molecule has 1 aromatic heterocycles. The minimum atomic E-state index is -4.40. The van der Waals surface area contributed by atoms with Crippen LogP contribution in [0.3, 0.4) is 0 Å². The standard InChI is InChI=1S/C22H15F3N2/c23-22(24,25)18-12-7-13-19(14-18)27-15-20(16-8-3-1-4-9-16)21(26-27)17-10-5-2-6-11-17/h1-15H. The van der Waals surface area contributed by atoms with Gasteiger partial charge in [-0.05, 0) is 23.8 Å². The highest BCUT2D eigenvalue weighted by Crippen LogP contribution is 2.33. The monoisotopic (exact) mass is 364 g/mol. The normalized spacial score (nSPS) is 11.5. The number of aromatic nitrogens is 2. The van der Waals surface area contributed by atoms with Crippen LogP contribution < -0.4 is 0 Å². The van der Waals surface area contributed by atoms with E-state index in [4.69, 9.17) is 0 Å². The Morgan fingerprint density at radius 1 is 0.704 bits per heavy atom. The summed E-state index contributed by atoms with van der Waals surface area (Å²) in [6.45, 7) is 0. The van der Waals surface area contributed by atoms with Crippen LogP contribution in [-0.4, -0.2) is 9.78 Å². The van der Waals surface area contributed by atoms with E-state index in [0.717, 1.165) is 34.5 Å². The van der Waals surface area contributed by atoms with Crippen LogP contribution in [0, 0.1) is 0 Å². The number of hydrogen-bond donors (Lipinski definition) is 0. The van der Waals surface area contributed by atoms with E-state index in [9.17, 15) is 13.2 Å².